The summed E-state index contributed by atoms with van der Waals surface area (Å²) in [6.07, 6.45) is 1.91. The number of nitriles is 3. The second-order valence-corrected chi connectivity index (χ2v) is 3.74. The summed E-state index contributed by atoms with van der Waals surface area (Å²) in [4.78, 5) is 0. The maximum Gasteiger partial charge on any atom is 0.0693 e. The van der Waals surface area contributed by atoms with E-state index in [0.717, 1.165) is 0 Å². The van der Waals surface area contributed by atoms with E-state index in [9.17, 15) is 0 Å². The highest BCUT2D eigenvalue weighted by Gasteiger charge is 2.32. The average Bonchev–Trinajstić information content (AvgIpc) is 2.18. The lowest BCUT2D eigenvalue weighted by Crippen LogP contribution is -2.25. The smallest absolute Gasteiger partial charge is 0.0693 e. The summed E-state index contributed by atoms with van der Waals surface area (Å²) in [6, 6.07) is 6.39. The normalized spacial score (nSPS) is 10.3. The Morgan fingerprint density at radius 2 is 1.43 bits per heavy atom. The van der Waals surface area contributed by atoms with Crippen LogP contribution in [0.3, 0.4) is 0 Å². The first kappa shape index (κ1) is 12.5. The molecule has 0 fully saturated rings. The quantitative estimate of drug-likeness (QED) is 0.667. The van der Waals surface area contributed by atoms with Crippen LogP contribution in [0.4, 0.5) is 0 Å². The molecule has 14 heavy (non-hydrogen) atoms. The third kappa shape index (κ3) is 3.08. The van der Waals surface area contributed by atoms with E-state index in [0.29, 0.717) is 25.7 Å². The van der Waals surface area contributed by atoms with Crippen molar-refractivity contribution in [1.29, 1.82) is 15.8 Å². The van der Waals surface area contributed by atoms with E-state index in [2.05, 4.69) is 18.2 Å². The molecule has 0 spiro atoms. The Hall–Kier alpha value is -1.53. The SMILES string of the molecule is CC(C)C(C#N)(CCC#N)CCC#N. The van der Waals surface area contributed by atoms with Gasteiger partial charge in [-0.2, -0.15) is 15.8 Å². The van der Waals surface area contributed by atoms with Crippen LogP contribution < -0.4 is 0 Å². The van der Waals surface area contributed by atoms with Gasteiger partial charge in [0.2, 0.25) is 0 Å². The van der Waals surface area contributed by atoms with E-state index >= 15 is 0 Å². The van der Waals surface area contributed by atoms with E-state index in [1.165, 1.54) is 0 Å². The maximum absolute atomic E-state index is 9.13. The highest BCUT2D eigenvalue weighted by Crippen LogP contribution is 2.36. The lowest BCUT2D eigenvalue weighted by atomic mass is 9.72. The fraction of sp³-hybridized carbons (Fsp3) is 0.727. The molecule has 0 aliphatic rings. The highest BCUT2D eigenvalue weighted by molar-refractivity contribution is 5.03. The molecule has 3 heteroatoms. The van der Waals surface area contributed by atoms with Crippen LogP contribution in [0.1, 0.15) is 39.5 Å². The monoisotopic (exact) mass is 189 g/mol. The third-order valence-electron chi connectivity index (χ3n) is 2.69. The minimum absolute atomic E-state index is 0.189. The molecule has 0 aromatic carbocycles. The van der Waals surface area contributed by atoms with Crippen LogP contribution in [-0.2, 0) is 0 Å². The average molecular weight is 189 g/mol. The maximum atomic E-state index is 9.13. The molecule has 0 atom stereocenters. The first-order valence-electron chi connectivity index (χ1n) is 4.78. The van der Waals surface area contributed by atoms with E-state index in [1.54, 1.807) is 0 Å². The summed E-state index contributed by atoms with van der Waals surface area (Å²) in [6.45, 7) is 3.94. The molecule has 0 saturated heterocycles. The van der Waals surface area contributed by atoms with Crippen LogP contribution in [0, 0.1) is 45.3 Å². The Bertz CT molecular complexity index is 267. The molecule has 0 aliphatic carbocycles. The van der Waals surface area contributed by atoms with E-state index in [1.807, 2.05) is 13.8 Å². The summed E-state index contributed by atoms with van der Waals surface area (Å²) in [7, 11) is 0. The van der Waals surface area contributed by atoms with E-state index in [4.69, 9.17) is 15.8 Å². The lowest BCUT2D eigenvalue weighted by Gasteiger charge is -2.28. The van der Waals surface area contributed by atoms with E-state index in [-0.39, 0.29) is 5.92 Å². The van der Waals surface area contributed by atoms with Gasteiger partial charge in [-0.1, -0.05) is 13.8 Å². The summed E-state index contributed by atoms with van der Waals surface area (Å²) in [5.41, 5.74) is -0.495. The minimum atomic E-state index is -0.495. The molecular formula is C11H15N3. The van der Waals surface area contributed by atoms with Gasteiger partial charge >= 0.3 is 0 Å². The number of rotatable bonds is 5. The zero-order valence-corrected chi connectivity index (χ0v) is 8.75. The molecule has 0 heterocycles. The van der Waals surface area contributed by atoms with Crippen molar-refractivity contribution < 1.29 is 0 Å². The predicted octanol–water partition coefficient (Wildman–Crippen LogP) is 2.76. The Morgan fingerprint density at radius 1 is 1.00 bits per heavy atom. The van der Waals surface area contributed by atoms with Crippen LogP contribution in [0.15, 0.2) is 0 Å². The molecule has 0 aromatic rings. The van der Waals surface area contributed by atoms with Gasteiger partial charge in [0.25, 0.3) is 0 Å². The molecule has 0 saturated carbocycles. The molecule has 74 valence electrons. The fourth-order valence-electron chi connectivity index (χ4n) is 1.50. The van der Waals surface area contributed by atoms with Gasteiger partial charge in [0.15, 0.2) is 0 Å². The van der Waals surface area contributed by atoms with Gasteiger partial charge in [-0.15, -0.1) is 0 Å². The van der Waals surface area contributed by atoms with Gasteiger partial charge in [-0.25, -0.2) is 0 Å². The molecule has 0 aromatic heterocycles. The standard InChI is InChI=1S/C11H15N3/c1-10(2)11(9-14,5-3-7-12)6-4-8-13/h10H,3-6H2,1-2H3. The first-order chi connectivity index (χ1) is 6.63. The Morgan fingerprint density at radius 3 is 1.64 bits per heavy atom. The van der Waals surface area contributed by atoms with Crippen LogP contribution in [0.2, 0.25) is 0 Å². The van der Waals surface area contributed by atoms with Crippen molar-refractivity contribution in [3.8, 4) is 18.2 Å². The predicted molar refractivity (Wildman–Crippen MR) is 52.6 cm³/mol. The summed E-state index contributed by atoms with van der Waals surface area (Å²) >= 11 is 0. The minimum Gasteiger partial charge on any atom is -0.198 e. The molecule has 0 amide bonds. The molecule has 0 unspecified atom stereocenters. The van der Waals surface area contributed by atoms with Crippen molar-refractivity contribution in [2.45, 2.75) is 39.5 Å². The Balaban J connectivity index is 4.57. The molecule has 3 nitrogen and oxygen atoms in total. The largest absolute Gasteiger partial charge is 0.198 e. The molecular weight excluding hydrogens is 174 g/mol. The topological polar surface area (TPSA) is 71.4 Å². The first-order valence-corrected chi connectivity index (χ1v) is 4.78. The van der Waals surface area contributed by atoms with Gasteiger partial charge in [-0.3, -0.25) is 0 Å². The molecule has 0 radical (unpaired) electrons. The summed E-state index contributed by atoms with van der Waals surface area (Å²) in [5, 5.41) is 26.1. The van der Waals surface area contributed by atoms with Gasteiger partial charge in [0.05, 0.1) is 23.6 Å². The van der Waals surface area contributed by atoms with Gasteiger partial charge < -0.3 is 0 Å². The van der Waals surface area contributed by atoms with Crippen LogP contribution in [-0.4, -0.2) is 0 Å². The van der Waals surface area contributed by atoms with Crippen molar-refractivity contribution >= 4 is 0 Å². The van der Waals surface area contributed by atoms with Crippen LogP contribution in [0.25, 0.3) is 0 Å². The number of nitrogens with zero attached hydrogens (tertiary/aromatic N) is 3. The van der Waals surface area contributed by atoms with Crippen molar-refractivity contribution in [2.75, 3.05) is 0 Å². The van der Waals surface area contributed by atoms with Gasteiger partial charge in [0.1, 0.15) is 0 Å². The molecule has 0 aliphatic heterocycles. The van der Waals surface area contributed by atoms with Crippen molar-refractivity contribution in [1.82, 2.24) is 0 Å². The zero-order valence-electron chi connectivity index (χ0n) is 8.75. The number of hydrogen-bond donors (Lipinski definition) is 0. The fourth-order valence-corrected chi connectivity index (χ4v) is 1.50. The van der Waals surface area contributed by atoms with Crippen molar-refractivity contribution in [3.63, 3.8) is 0 Å². The molecule has 0 N–H and O–H groups in total. The van der Waals surface area contributed by atoms with Crippen LogP contribution in [0.5, 0.6) is 0 Å². The summed E-state index contributed by atoms with van der Waals surface area (Å²) < 4.78 is 0. The number of hydrogen-bond acceptors (Lipinski definition) is 3. The van der Waals surface area contributed by atoms with Gasteiger partial charge in [-0.05, 0) is 18.8 Å². The second-order valence-electron chi connectivity index (χ2n) is 3.74. The second kappa shape index (κ2) is 6.01. The molecule has 0 rings (SSSR count). The Labute approximate surface area is 85.6 Å². The van der Waals surface area contributed by atoms with E-state index < -0.39 is 5.41 Å². The van der Waals surface area contributed by atoms with Crippen molar-refractivity contribution in [2.24, 2.45) is 11.3 Å². The van der Waals surface area contributed by atoms with Gasteiger partial charge in [0, 0.05) is 12.8 Å². The Kier molecular flexibility index (Phi) is 5.35. The zero-order chi connectivity index (χ0) is 11.0. The van der Waals surface area contributed by atoms with Crippen LogP contribution >= 0.6 is 0 Å². The third-order valence-corrected chi connectivity index (χ3v) is 2.69. The lowest BCUT2D eigenvalue weighted by molar-refractivity contribution is 0.241. The summed E-state index contributed by atoms with van der Waals surface area (Å²) in [5.74, 6) is 0.189. The van der Waals surface area contributed by atoms with Crippen molar-refractivity contribution in [3.05, 3.63) is 0 Å². The highest BCUT2D eigenvalue weighted by atomic mass is 14.4. The molecule has 0 bridgehead atoms.